The van der Waals surface area contributed by atoms with Crippen molar-refractivity contribution in [2.45, 2.75) is 33.3 Å². The monoisotopic (exact) mass is 495 g/mol. The summed E-state index contributed by atoms with van der Waals surface area (Å²) in [7, 11) is 1.64. The lowest BCUT2D eigenvalue weighted by Crippen LogP contribution is -2.14. The second kappa shape index (κ2) is 8.12. The number of aryl methyl sites for hydroxylation is 1. The highest BCUT2D eigenvalue weighted by Gasteiger charge is 2.21. The van der Waals surface area contributed by atoms with Gasteiger partial charge in [0.2, 0.25) is 0 Å². The molecule has 0 saturated heterocycles. The summed E-state index contributed by atoms with van der Waals surface area (Å²) in [5.74, 6) is 0.0898. The molecule has 0 saturated carbocycles. The van der Waals surface area contributed by atoms with Crippen LogP contribution in [0.4, 0.5) is 11.4 Å². The minimum atomic E-state index is -0.209. The molecule has 3 N–H and O–H groups in total. The van der Waals surface area contributed by atoms with Crippen molar-refractivity contribution < 1.29 is 9.53 Å². The predicted molar refractivity (Wildman–Crippen MR) is 121 cm³/mol. The van der Waals surface area contributed by atoms with Crippen molar-refractivity contribution in [2.24, 2.45) is 0 Å². The fourth-order valence-electron chi connectivity index (χ4n) is 3.08. The van der Waals surface area contributed by atoms with Gasteiger partial charge in [0, 0.05) is 27.4 Å². The van der Waals surface area contributed by atoms with Gasteiger partial charge in [0.1, 0.15) is 9.71 Å². The second-order valence-corrected chi connectivity index (χ2v) is 8.97. The summed E-state index contributed by atoms with van der Waals surface area (Å²) in [5, 5.41) is 3.84. The number of hydrogen-bond donors (Lipinski definition) is 2. The molecule has 1 aromatic carbocycles. The van der Waals surface area contributed by atoms with Crippen LogP contribution in [-0.4, -0.2) is 18.0 Å². The van der Waals surface area contributed by atoms with Crippen LogP contribution >= 0.6 is 33.9 Å². The van der Waals surface area contributed by atoms with E-state index in [-0.39, 0.29) is 5.91 Å². The fourth-order valence-corrected chi connectivity index (χ4v) is 4.68. The van der Waals surface area contributed by atoms with Crippen LogP contribution in [0.25, 0.3) is 10.2 Å². The Hall–Kier alpha value is -1.71. The highest BCUT2D eigenvalue weighted by Crippen LogP contribution is 2.36. The van der Waals surface area contributed by atoms with Crippen molar-refractivity contribution in [3.05, 3.63) is 49.5 Å². The van der Waals surface area contributed by atoms with Gasteiger partial charge in [-0.1, -0.05) is 13.8 Å². The minimum Gasteiger partial charge on any atom is -0.397 e. The third-order valence-corrected chi connectivity index (χ3v) is 6.07. The van der Waals surface area contributed by atoms with Crippen LogP contribution in [0, 0.1) is 10.5 Å². The fraction of sp³-hybridized carbons (Fsp3) is 0.300. The number of aromatic nitrogens is 1. The maximum atomic E-state index is 13.0. The maximum absolute atomic E-state index is 13.0. The minimum absolute atomic E-state index is 0.209. The Labute approximate surface area is 176 Å². The number of amides is 1. The highest BCUT2D eigenvalue weighted by atomic mass is 127. The van der Waals surface area contributed by atoms with Crippen LogP contribution < -0.4 is 11.1 Å². The van der Waals surface area contributed by atoms with Crippen LogP contribution in [0.2, 0.25) is 0 Å². The summed E-state index contributed by atoms with van der Waals surface area (Å²) in [6.45, 7) is 6.57. The zero-order chi connectivity index (χ0) is 19.7. The van der Waals surface area contributed by atoms with Gasteiger partial charge >= 0.3 is 0 Å². The molecule has 0 aliphatic carbocycles. The van der Waals surface area contributed by atoms with Crippen LogP contribution in [0.1, 0.15) is 46.3 Å². The summed E-state index contributed by atoms with van der Waals surface area (Å²) < 4.78 is 6.42. The number of thiophene rings is 1. The number of carbonyl (C=O) groups is 1. The van der Waals surface area contributed by atoms with E-state index in [1.54, 1.807) is 7.11 Å². The number of methoxy groups -OCH3 is 1. The number of carbonyl (C=O) groups excluding carboxylic acids is 1. The lowest BCUT2D eigenvalue weighted by Gasteiger charge is -2.14. The van der Waals surface area contributed by atoms with Crippen molar-refractivity contribution in [1.82, 2.24) is 4.98 Å². The smallest absolute Gasteiger partial charge is 0.267 e. The number of nitrogens with zero attached hydrogens (tertiary/aromatic N) is 1. The molecule has 142 valence electrons. The van der Waals surface area contributed by atoms with Crippen molar-refractivity contribution in [2.75, 3.05) is 18.2 Å². The van der Waals surface area contributed by atoms with E-state index >= 15 is 0 Å². The Balaban J connectivity index is 2.02. The standard InChI is InChI=1S/C20H22IN3O2S/c1-10(2)14-8-13(21)5-6-15(14)24-19(25)18-17(22)16-12(9-26-4)7-11(3)23-20(16)27-18/h5-8,10H,9,22H2,1-4H3,(H,24,25). The quantitative estimate of drug-likeness (QED) is 0.471. The number of nitrogen functional groups attached to an aromatic ring is 1. The largest absolute Gasteiger partial charge is 0.397 e. The summed E-state index contributed by atoms with van der Waals surface area (Å²) in [6.07, 6.45) is 0. The summed E-state index contributed by atoms with van der Waals surface area (Å²) in [5.41, 5.74) is 10.6. The molecule has 1 amide bonds. The third-order valence-electron chi connectivity index (χ3n) is 4.30. The molecule has 0 radical (unpaired) electrons. The van der Waals surface area contributed by atoms with Gasteiger partial charge in [-0.2, -0.15) is 0 Å². The number of rotatable bonds is 5. The average Bonchev–Trinajstić information content (AvgIpc) is 2.93. The van der Waals surface area contributed by atoms with Gasteiger partial charge in [0.05, 0.1) is 12.3 Å². The van der Waals surface area contributed by atoms with Gasteiger partial charge in [-0.05, 0) is 70.8 Å². The highest BCUT2D eigenvalue weighted by molar-refractivity contribution is 14.1. The van der Waals surface area contributed by atoms with E-state index in [4.69, 9.17) is 10.5 Å². The van der Waals surface area contributed by atoms with E-state index in [0.29, 0.717) is 23.1 Å². The van der Waals surface area contributed by atoms with E-state index in [1.165, 1.54) is 11.3 Å². The molecule has 0 aliphatic heterocycles. The Bertz CT molecular complexity index is 1010. The summed E-state index contributed by atoms with van der Waals surface area (Å²) >= 11 is 3.60. The number of pyridine rings is 1. The van der Waals surface area contributed by atoms with E-state index in [1.807, 2.05) is 25.1 Å². The average molecular weight is 495 g/mol. The Morgan fingerprint density at radius 3 is 2.78 bits per heavy atom. The van der Waals surface area contributed by atoms with Gasteiger partial charge in [-0.25, -0.2) is 4.98 Å². The first-order valence-corrected chi connectivity index (χ1v) is 10.5. The number of ether oxygens (including phenoxy) is 1. The zero-order valence-electron chi connectivity index (χ0n) is 15.7. The molecule has 5 nitrogen and oxygen atoms in total. The number of benzene rings is 1. The lowest BCUT2D eigenvalue weighted by molar-refractivity contribution is 0.103. The molecule has 27 heavy (non-hydrogen) atoms. The van der Waals surface area contributed by atoms with Gasteiger partial charge < -0.3 is 15.8 Å². The van der Waals surface area contributed by atoms with Crippen LogP contribution in [0.15, 0.2) is 24.3 Å². The number of fused-ring (bicyclic) bond motifs is 1. The normalized spacial score (nSPS) is 11.3. The van der Waals surface area contributed by atoms with Crippen LogP contribution in [0.5, 0.6) is 0 Å². The van der Waals surface area contributed by atoms with Gasteiger partial charge in [0.25, 0.3) is 5.91 Å². The predicted octanol–water partition coefficient (Wildman–Crippen LogP) is 5.31. The van der Waals surface area contributed by atoms with Crippen molar-refractivity contribution >= 4 is 61.4 Å². The molecule has 0 atom stereocenters. The number of nitrogens with two attached hydrogens (primary N) is 1. The number of hydrogen-bond acceptors (Lipinski definition) is 5. The molecule has 3 rings (SSSR count). The lowest BCUT2D eigenvalue weighted by atomic mass is 10.0. The van der Waals surface area contributed by atoms with Crippen molar-refractivity contribution in [1.29, 1.82) is 0 Å². The van der Waals surface area contributed by atoms with Crippen molar-refractivity contribution in [3.8, 4) is 0 Å². The molecule has 3 aromatic rings. The Morgan fingerprint density at radius 1 is 1.37 bits per heavy atom. The van der Waals surface area contributed by atoms with Crippen LogP contribution in [0.3, 0.4) is 0 Å². The van der Waals surface area contributed by atoms with E-state index < -0.39 is 0 Å². The molecule has 2 aromatic heterocycles. The molecule has 0 spiro atoms. The molecule has 0 aliphatic rings. The zero-order valence-corrected chi connectivity index (χ0v) is 18.7. The van der Waals surface area contributed by atoms with E-state index in [0.717, 1.165) is 36.3 Å². The third kappa shape index (κ3) is 4.09. The first-order valence-electron chi connectivity index (χ1n) is 8.60. The topological polar surface area (TPSA) is 77.2 Å². The molecule has 0 bridgehead atoms. The van der Waals surface area contributed by atoms with Gasteiger partial charge in [-0.3, -0.25) is 4.79 Å². The Morgan fingerprint density at radius 2 is 2.11 bits per heavy atom. The molecule has 0 fully saturated rings. The van der Waals surface area contributed by atoms with Crippen molar-refractivity contribution in [3.63, 3.8) is 0 Å². The van der Waals surface area contributed by atoms with E-state index in [9.17, 15) is 4.79 Å². The van der Waals surface area contributed by atoms with Gasteiger partial charge in [0.15, 0.2) is 0 Å². The first-order chi connectivity index (χ1) is 12.8. The van der Waals surface area contributed by atoms with Crippen LogP contribution in [-0.2, 0) is 11.3 Å². The first kappa shape index (κ1) is 20.0. The summed E-state index contributed by atoms with van der Waals surface area (Å²) in [6, 6.07) is 7.97. The molecule has 0 unspecified atom stereocenters. The SMILES string of the molecule is COCc1cc(C)nc2sc(C(=O)Nc3ccc(I)cc3C(C)C)c(N)c12. The number of nitrogens with one attached hydrogen (secondary N) is 1. The maximum Gasteiger partial charge on any atom is 0.267 e. The van der Waals surface area contributed by atoms with Gasteiger partial charge in [-0.15, -0.1) is 11.3 Å². The molecule has 7 heteroatoms. The summed E-state index contributed by atoms with van der Waals surface area (Å²) in [4.78, 5) is 18.8. The second-order valence-electron chi connectivity index (χ2n) is 6.72. The molecular formula is C20H22IN3O2S. The Kier molecular flexibility index (Phi) is 6.02. The number of anilines is 2. The number of halogens is 1. The molecule has 2 heterocycles. The molecular weight excluding hydrogens is 473 g/mol. The van der Waals surface area contributed by atoms with E-state index in [2.05, 4.69) is 52.8 Å².